The summed E-state index contributed by atoms with van der Waals surface area (Å²) in [7, 11) is 5.51. The topological polar surface area (TPSA) is 42.0 Å². The molecular formula is C9H19BN2O3. The molecule has 0 aliphatic carbocycles. The van der Waals surface area contributed by atoms with Gasteiger partial charge in [0.2, 0.25) is 5.91 Å². The molecule has 1 fully saturated rings. The normalized spacial score (nSPS) is 18.9. The van der Waals surface area contributed by atoms with Crippen LogP contribution in [0.2, 0.25) is 0 Å². The fourth-order valence-electron chi connectivity index (χ4n) is 1.84. The van der Waals surface area contributed by atoms with Gasteiger partial charge in [-0.2, -0.15) is 0 Å². The van der Waals surface area contributed by atoms with Gasteiger partial charge in [0.05, 0.1) is 7.11 Å². The molecule has 0 radical (unpaired) electrons. The van der Waals surface area contributed by atoms with Gasteiger partial charge in [-0.25, -0.2) is 5.06 Å². The minimum Gasteiger partial charge on any atom is -0.427 e. The first-order chi connectivity index (χ1) is 7.19. The maximum absolute atomic E-state index is 11.7. The predicted molar refractivity (Wildman–Crippen MR) is 58.2 cm³/mol. The molecule has 0 N–H and O–H groups in total. The van der Waals surface area contributed by atoms with E-state index >= 15 is 0 Å². The predicted octanol–water partition coefficient (Wildman–Crippen LogP) is -0.369. The molecule has 0 aromatic heterocycles. The van der Waals surface area contributed by atoms with E-state index in [4.69, 9.17) is 9.49 Å². The van der Waals surface area contributed by atoms with Crippen molar-refractivity contribution in [2.75, 3.05) is 34.4 Å². The lowest BCUT2D eigenvalue weighted by Gasteiger charge is -2.31. The van der Waals surface area contributed by atoms with Crippen LogP contribution in [0.25, 0.3) is 0 Å². The Bertz CT molecular complexity index is 208. The molecule has 15 heavy (non-hydrogen) atoms. The summed E-state index contributed by atoms with van der Waals surface area (Å²) in [6.45, 7) is 1.84. The summed E-state index contributed by atoms with van der Waals surface area (Å²) in [5.74, 6) is 0.178. The number of piperidine rings is 1. The first-order valence-corrected chi connectivity index (χ1v) is 5.22. The Morgan fingerprint density at radius 3 is 2.47 bits per heavy atom. The van der Waals surface area contributed by atoms with Gasteiger partial charge in [0.25, 0.3) is 0 Å². The molecule has 1 amide bonds. The van der Waals surface area contributed by atoms with Crippen molar-refractivity contribution in [2.45, 2.75) is 12.8 Å². The molecule has 0 saturated carbocycles. The van der Waals surface area contributed by atoms with Crippen LogP contribution >= 0.6 is 0 Å². The highest BCUT2D eigenvalue weighted by molar-refractivity contribution is 6.23. The van der Waals surface area contributed by atoms with Crippen LogP contribution in [0.15, 0.2) is 0 Å². The Balaban J connectivity index is 2.33. The standard InChI is InChI=1S/C9H19BN2O3/c1-11(15-3)9(13)8-4-6-12(7-5-8)10-14-2/h8,10H,4-7H2,1-3H3. The largest absolute Gasteiger partial charge is 0.427 e. The molecule has 0 aromatic carbocycles. The van der Waals surface area contributed by atoms with Gasteiger partial charge in [-0.3, -0.25) is 9.63 Å². The fraction of sp³-hybridized carbons (Fsp3) is 0.889. The van der Waals surface area contributed by atoms with Crippen molar-refractivity contribution >= 4 is 13.5 Å². The third kappa shape index (κ3) is 3.48. The van der Waals surface area contributed by atoms with Crippen molar-refractivity contribution in [3.05, 3.63) is 0 Å². The van der Waals surface area contributed by atoms with Crippen molar-refractivity contribution in [2.24, 2.45) is 5.92 Å². The molecule has 1 rings (SSSR count). The van der Waals surface area contributed by atoms with Gasteiger partial charge in [0, 0.05) is 20.1 Å². The molecule has 5 nitrogen and oxygen atoms in total. The molecule has 6 heteroatoms. The minimum atomic E-state index is 0.0783. The van der Waals surface area contributed by atoms with Crippen molar-refractivity contribution in [1.82, 2.24) is 9.87 Å². The average Bonchev–Trinajstić information content (AvgIpc) is 2.28. The lowest BCUT2D eigenvalue weighted by Crippen LogP contribution is -2.42. The molecule has 0 aromatic rings. The SMILES string of the molecule is COBN1CCC(C(=O)N(C)OC)CC1. The second kappa shape index (κ2) is 6.10. The van der Waals surface area contributed by atoms with E-state index in [1.54, 1.807) is 14.2 Å². The molecule has 0 spiro atoms. The van der Waals surface area contributed by atoms with E-state index in [-0.39, 0.29) is 11.8 Å². The second-order valence-electron chi connectivity index (χ2n) is 3.83. The first kappa shape index (κ1) is 12.5. The number of hydrogen-bond donors (Lipinski definition) is 0. The van der Waals surface area contributed by atoms with Crippen LogP contribution in [0.4, 0.5) is 0 Å². The van der Waals surface area contributed by atoms with E-state index in [1.165, 1.54) is 12.2 Å². The molecular weight excluding hydrogens is 195 g/mol. The second-order valence-corrected chi connectivity index (χ2v) is 3.83. The Morgan fingerprint density at radius 1 is 1.40 bits per heavy atom. The highest BCUT2D eigenvalue weighted by Crippen LogP contribution is 2.18. The number of hydrogen-bond acceptors (Lipinski definition) is 4. The summed E-state index contributed by atoms with van der Waals surface area (Å²) in [5.41, 5.74) is 0. The van der Waals surface area contributed by atoms with E-state index in [0.717, 1.165) is 25.9 Å². The lowest BCUT2D eigenvalue weighted by molar-refractivity contribution is -0.174. The van der Waals surface area contributed by atoms with Crippen molar-refractivity contribution in [1.29, 1.82) is 0 Å². The maximum Gasteiger partial charge on any atom is 0.363 e. The molecule has 1 aliphatic heterocycles. The van der Waals surface area contributed by atoms with Crippen LogP contribution in [0, 0.1) is 5.92 Å². The van der Waals surface area contributed by atoms with Gasteiger partial charge < -0.3 is 9.47 Å². The zero-order valence-corrected chi connectivity index (χ0v) is 9.73. The molecule has 1 aliphatic rings. The number of nitrogens with zero attached hydrogens (tertiary/aromatic N) is 2. The smallest absolute Gasteiger partial charge is 0.363 e. The zero-order valence-electron chi connectivity index (χ0n) is 9.73. The highest BCUT2D eigenvalue weighted by Gasteiger charge is 2.27. The minimum absolute atomic E-state index is 0.0783. The molecule has 1 heterocycles. The summed E-state index contributed by atoms with van der Waals surface area (Å²) < 4.78 is 5.05. The first-order valence-electron chi connectivity index (χ1n) is 5.22. The van der Waals surface area contributed by atoms with Crippen molar-refractivity contribution in [3.63, 3.8) is 0 Å². The van der Waals surface area contributed by atoms with Gasteiger partial charge >= 0.3 is 7.62 Å². The third-order valence-corrected chi connectivity index (χ3v) is 2.83. The van der Waals surface area contributed by atoms with Crippen LogP contribution in [-0.4, -0.2) is 57.8 Å². The average molecular weight is 214 g/mol. The van der Waals surface area contributed by atoms with Gasteiger partial charge in [0.1, 0.15) is 0 Å². The lowest BCUT2D eigenvalue weighted by atomic mass is 9.93. The molecule has 1 saturated heterocycles. The monoisotopic (exact) mass is 214 g/mol. The summed E-state index contributed by atoms with van der Waals surface area (Å²) in [6, 6.07) is 0. The van der Waals surface area contributed by atoms with Crippen molar-refractivity contribution < 1.29 is 14.3 Å². The van der Waals surface area contributed by atoms with E-state index < -0.39 is 0 Å². The third-order valence-electron chi connectivity index (χ3n) is 2.83. The van der Waals surface area contributed by atoms with Crippen molar-refractivity contribution in [3.8, 4) is 0 Å². The van der Waals surface area contributed by atoms with Crippen LogP contribution in [0.5, 0.6) is 0 Å². The number of carbonyl (C=O) groups is 1. The molecule has 0 bridgehead atoms. The van der Waals surface area contributed by atoms with Crippen LogP contribution in [0.3, 0.4) is 0 Å². The number of amides is 1. The van der Waals surface area contributed by atoms with Gasteiger partial charge in [0.15, 0.2) is 0 Å². The van der Waals surface area contributed by atoms with Crippen LogP contribution in [0.1, 0.15) is 12.8 Å². The summed E-state index contributed by atoms with van der Waals surface area (Å²) in [4.78, 5) is 18.8. The van der Waals surface area contributed by atoms with E-state index in [0.29, 0.717) is 7.62 Å². The quantitative estimate of drug-likeness (QED) is 0.473. The zero-order chi connectivity index (χ0) is 11.3. The van der Waals surface area contributed by atoms with E-state index in [1.807, 2.05) is 0 Å². The molecule has 0 atom stereocenters. The Labute approximate surface area is 91.6 Å². The van der Waals surface area contributed by atoms with Crippen LogP contribution in [-0.2, 0) is 14.3 Å². The summed E-state index contributed by atoms with van der Waals surface area (Å²) >= 11 is 0. The Morgan fingerprint density at radius 2 is 2.00 bits per heavy atom. The highest BCUT2D eigenvalue weighted by atomic mass is 16.7. The Hall–Kier alpha value is -0.585. The summed E-state index contributed by atoms with van der Waals surface area (Å²) in [5, 5.41) is 1.32. The molecule has 86 valence electrons. The number of carbonyl (C=O) groups excluding carboxylic acids is 1. The molecule has 0 unspecified atom stereocenters. The summed E-state index contributed by atoms with van der Waals surface area (Å²) in [6.07, 6.45) is 1.77. The number of hydroxylamine groups is 2. The van der Waals surface area contributed by atoms with E-state index in [2.05, 4.69) is 4.81 Å². The fourth-order valence-corrected chi connectivity index (χ4v) is 1.84. The van der Waals surface area contributed by atoms with Gasteiger partial charge in [-0.15, -0.1) is 0 Å². The van der Waals surface area contributed by atoms with Gasteiger partial charge in [-0.05, 0) is 25.9 Å². The van der Waals surface area contributed by atoms with Gasteiger partial charge in [-0.1, -0.05) is 0 Å². The Kier molecular flexibility index (Phi) is 5.07. The maximum atomic E-state index is 11.7. The van der Waals surface area contributed by atoms with E-state index in [9.17, 15) is 4.79 Å². The van der Waals surface area contributed by atoms with Crippen LogP contribution < -0.4 is 0 Å². The number of rotatable bonds is 4.